The topological polar surface area (TPSA) is 64.2 Å². The van der Waals surface area contributed by atoms with Gasteiger partial charge in [-0.15, -0.1) is 11.3 Å². The summed E-state index contributed by atoms with van der Waals surface area (Å²) in [5.74, 6) is -0.232. The Kier molecular flexibility index (Phi) is 4.55. The number of aromatic nitrogens is 4. The summed E-state index contributed by atoms with van der Waals surface area (Å²) in [6.07, 6.45) is 7.09. The molecule has 27 heavy (non-hydrogen) atoms. The molecule has 0 fully saturated rings. The van der Waals surface area contributed by atoms with Crippen molar-refractivity contribution >= 4 is 45.6 Å². The Hall–Kier alpha value is -2.90. The third kappa shape index (κ3) is 3.51. The van der Waals surface area contributed by atoms with Crippen molar-refractivity contribution in [3.8, 4) is 11.3 Å². The molecule has 8 heteroatoms. The number of carbonyl (C=O) groups excluding carboxylic acids is 1. The zero-order chi connectivity index (χ0) is 19.0. The van der Waals surface area contributed by atoms with E-state index in [0.29, 0.717) is 10.8 Å². The molecule has 1 amide bonds. The molecule has 3 aromatic heterocycles. The minimum Gasteiger partial charge on any atom is -0.323 e. The molecule has 4 aromatic rings. The number of rotatable bonds is 4. The van der Waals surface area contributed by atoms with Gasteiger partial charge in [0.1, 0.15) is 5.15 Å². The van der Waals surface area contributed by atoms with E-state index >= 15 is 0 Å². The lowest BCUT2D eigenvalue weighted by atomic mass is 10.1. The number of halogens is 1. The summed E-state index contributed by atoms with van der Waals surface area (Å²) >= 11 is 7.76. The van der Waals surface area contributed by atoms with E-state index in [-0.39, 0.29) is 5.91 Å². The first-order chi connectivity index (χ1) is 13.0. The fourth-order valence-corrected chi connectivity index (χ4v) is 3.71. The Morgan fingerprint density at radius 2 is 2.07 bits per heavy atom. The van der Waals surface area contributed by atoms with E-state index in [1.165, 1.54) is 6.08 Å². The number of fused-ring (bicyclic) bond motifs is 1. The normalized spacial score (nSPS) is 11.5. The standard InChI is InChI=1S/C19H16ClN5OS/c1-12-15(18(20)24(2)23-12)7-8-17(26)21-14-5-3-13(4-6-14)16-11-25-9-10-27-19(25)22-16/h3-11H,1-2H3,(H,21,26)/b8-7+. The molecule has 0 bridgehead atoms. The molecular formula is C19H16ClN5OS. The van der Waals surface area contributed by atoms with Crippen molar-refractivity contribution in [2.45, 2.75) is 6.92 Å². The molecule has 0 aliphatic carbocycles. The molecular weight excluding hydrogens is 382 g/mol. The number of benzene rings is 1. The molecule has 4 rings (SSSR count). The Balaban J connectivity index is 1.45. The fraction of sp³-hybridized carbons (Fsp3) is 0.105. The molecule has 3 heterocycles. The highest BCUT2D eigenvalue weighted by atomic mass is 35.5. The Labute approximate surface area is 164 Å². The van der Waals surface area contributed by atoms with Crippen LogP contribution in [-0.4, -0.2) is 25.1 Å². The van der Waals surface area contributed by atoms with Gasteiger partial charge in [0, 0.05) is 47.7 Å². The first kappa shape index (κ1) is 17.5. The van der Waals surface area contributed by atoms with Crippen LogP contribution < -0.4 is 5.32 Å². The largest absolute Gasteiger partial charge is 0.323 e. The van der Waals surface area contributed by atoms with Crippen molar-refractivity contribution in [1.29, 1.82) is 0 Å². The van der Waals surface area contributed by atoms with E-state index in [2.05, 4.69) is 15.4 Å². The van der Waals surface area contributed by atoms with Crippen molar-refractivity contribution in [3.05, 3.63) is 64.5 Å². The van der Waals surface area contributed by atoms with Crippen LogP contribution in [0.4, 0.5) is 5.69 Å². The second-order valence-corrected chi connectivity index (χ2v) is 7.26. The molecule has 136 valence electrons. The van der Waals surface area contributed by atoms with E-state index < -0.39 is 0 Å². The minimum atomic E-state index is -0.232. The van der Waals surface area contributed by atoms with Gasteiger partial charge in [0.25, 0.3) is 0 Å². The van der Waals surface area contributed by atoms with Crippen molar-refractivity contribution in [2.75, 3.05) is 5.32 Å². The number of carbonyl (C=O) groups is 1. The van der Waals surface area contributed by atoms with Gasteiger partial charge in [-0.1, -0.05) is 23.7 Å². The Morgan fingerprint density at radius 3 is 2.74 bits per heavy atom. The number of nitrogens with one attached hydrogen (secondary N) is 1. The van der Waals surface area contributed by atoms with Gasteiger partial charge in [0.15, 0.2) is 4.96 Å². The molecule has 6 nitrogen and oxygen atoms in total. The number of amides is 1. The van der Waals surface area contributed by atoms with Gasteiger partial charge in [0.2, 0.25) is 5.91 Å². The van der Waals surface area contributed by atoms with Gasteiger partial charge in [-0.3, -0.25) is 13.9 Å². The smallest absolute Gasteiger partial charge is 0.248 e. The van der Waals surface area contributed by atoms with E-state index in [1.807, 2.05) is 53.4 Å². The molecule has 0 unspecified atom stereocenters. The quantitative estimate of drug-likeness (QED) is 0.519. The van der Waals surface area contributed by atoms with Crippen LogP contribution in [0.2, 0.25) is 5.15 Å². The molecule has 1 N–H and O–H groups in total. The molecule has 0 saturated heterocycles. The summed E-state index contributed by atoms with van der Waals surface area (Å²) in [4.78, 5) is 17.7. The summed E-state index contributed by atoms with van der Waals surface area (Å²) in [7, 11) is 1.76. The maximum Gasteiger partial charge on any atom is 0.248 e. The van der Waals surface area contributed by atoms with Gasteiger partial charge in [-0.05, 0) is 25.1 Å². The van der Waals surface area contributed by atoms with E-state index in [0.717, 1.165) is 27.5 Å². The third-order valence-electron chi connectivity index (χ3n) is 4.14. The van der Waals surface area contributed by atoms with Gasteiger partial charge in [-0.2, -0.15) is 5.10 Å². The average Bonchev–Trinajstić information content (AvgIpc) is 3.29. The summed E-state index contributed by atoms with van der Waals surface area (Å²) in [5, 5.41) is 9.56. The molecule has 0 aliphatic rings. The molecule has 0 atom stereocenters. The molecule has 0 spiro atoms. The van der Waals surface area contributed by atoms with Crippen molar-refractivity contribution < 1.29 is 4.79 Å². The third-order valence-corrected chi connectivity index (χ3v) is 5.36. The van der Waals surface area contributed by atoms with Crippen LogP contribution in [0.15, 0.2) is 48.1 Å². The SMILES string of the molecule is Cc1nn(C)c(Cl)c1/C=C/C(=O)Nc1ccc(-c2cn3ccsc3n2)cc1. The maximum atomic E-state index is 12.2. The van der Waals surface area contributed by atoms with E-state index in [4.69, 9.17) is 11.6 Å². The molecule has 1 aromatic carbocycles. The number of aryl methyl sites for hydroxylation is 2. The van der Waals surface area contributed by atoms with Crippen molar-refractivity contribution in [1.82, 2.24) is 19.2 Å². The summed E-state index contributed by atoms with van der Waals surface area (Å²) in [6.45, 7) is 1.85. The van der Waals surface area contributed by atoms with Gasteiger partial charge < -0.3 is 5.32 Å². The van der Waals surface area contributed by atoms with Crippen LogP contribution in [0.5, 0.6) is 0 Å². The average molecular weight is 398 g/mol. The second-order valence-electron chi connectivity index (χ2n) is 6.03. The van der Waals surface area contributed by atoms with Crippen LogP contribution in [0.3, 0.4) is 0 Å². The van der Waals surface area contributed by atoms with Crippen molar-refractivity contribution in [3.63, 3.8) is 0 Å². The molecule has 0 radical (unpaired) electrons. The number of thiazole rings is 1. The monoisotopic (exact) mass is 397 g/mol. The summed E-state index contributed by atoms with van der Waals surface area (Å²) in [5.41, 5.74) is 4.13. The van der Waals surface area contributed by atoms with Gasteiger partial charge >= 0.3 is 0 Å². The second kappa shape index (κ2) is 7.02. The molecule has 0 saturated carbocycles. The zero-order valence-corrected chi connectivity index (χ0v) is 16.3. The fourth-order valence-electron chi connectivity index (χ4n) is 2.77. The lowest BCUT2D eigenvalue weighted by Gasteiger charge is -2.03. The number of imidazole rings is 1. The maximum absolute atomic E-state index is 12.2. The van der Waals surface area contributed by atoms with Crippen LogP contribution >= 0.6 is 22.9 Å². The predicted molar refractivity (Wildman–Crippen MR) is 109 cm³/mol. The minimum absolute atomic E-state index is 0.232. The number of hydrogen-bond acceptors (Lipinski definition) is 4. The van der Waals surface area contributed by atoms with Gasteiger partial charge in [0.05, 0.1) is 11.4 Å². The lowest BCUT2D eigenvalue weighted by Crippen LogP contribution is -2.07. The van der Waals surface area contributed by atoms with E-state index in [9.17, 15) is 4.79 Å². The lowest BCUT2D eigenvalue weighted by molar-refractivity contribution is -0.111. The zero-order valence-electron chi connectivity index (χ0n) is 14.7. The highest BCUT2D eigenvalue weighted by Crippen LogP contribution is 2.23. The highest BCUT2D eigenvalue weighted by molar-refractivity contribution is 7.15. The number of hydrogen-bond donors (Lipinski definition) is 1. The highest BCUT2D eigenvalue weighted by Gasteiger charge is 2.09. The van der Waals surface area contributed by atoms with Crippen LogP contribution in [0.1, 0.15) is 11.3 Å². The van der Waals surface area contributed by atoms with E-state index in [1.54, 1.807) is 29.1 Å². The van der Waals surface area contributed by atoms with Crippen molar-refractivity contribution in [2.24, 2.45) is 7.05 Å². The number of anilines is 1. The van der Waals surface area contributed by atoms with Crippen LogP contribution in [0.25, 0.3) is 22.3 Å². The molecule has 0 aliphatic heterocycles. The predicted octanol–water partition coefficient (Wildman–Crippen LogP) is 4.41. The first-order valence-electron chi connectivity index (χ1n) is 8.22. The Bertz CT molecular complexity index is 1120. The first-order valence-corrected chi connectivity index (χ1v) is 9.48. The summed E-state index contributed by atoms with van der Waals surface area (Å²) in [6, 6.07) is 7.59. The Morgan fingerprint density at radius 1 is 1.30 bits per heavy atom. The van der Waals surface area contributed by atoms with Crippen LogP contribution in [-0.2, 0) is 11.8 Å². The van der Waals surface area contributed by atoms with Crippen LogP contribution in [0, 0.1) is 6.92 Å². The summed E-state index contributed by atoms with van der Waals surface area (Å²) < 4.78 is 3.57. The van der Waals surface area contributed by atoms with Gasteiger partial charge in [-0.25, -0.2) is 4.98 Å². The number of nitrogens with zero attached hydrogens (tertiary/aromatic N) is 4.